The minimum absolute atomic E-state index is 0.161. The maximum absolute atomic E-state index is 12.5. The van der Waals surface area contributed by atoms with E-state index in [0.29, 0.717) is 33.7 Å². The minimum Gasteiger partial charge on any atom is -0.351 e. The number of hydrogen-bond acceptors (Lipinski definition) is 3. The predicted octanol–water partition coefficient (Wildman–Crippen LogP) is 3.87. The molecule has 0 aromatic heterocycles. The molecule has 21 heavy (non-hydrogen) atoms. The molecule has 0 aliphatic carbocycles. The molecule has 3 nitrogen and oxygen atoms in total. The second kappa shape index (κ2) is 5.19. The third-order valence-corrected chi connectivity index (χ3v) is 3.79. The van der Waals surface area contributed by atoms with Crippen LogP contribution in [0.2, 0.25) is 5.02 Å². The fourth-order valence-electron chi connectivity index (χ4n) is 2.43. The number of anilines is 1. The number of benzene rings is 2. The highest BCUT2D eigenvalue weighted by atomic mass is 35.5. The maximum atomic E-state index is 12.5. The first-order valence-electron chi connectivity index (χ1n) is 6.48. The number of carbonyl (C=O) groups is 2. The van der Waals surface area contributed by atoms with Gasteiger partial charge in [0.1, 0.15) is 0 Å². The topological polar surface area (TPSA) is 46.2 Å². The van der Waals surface area contributed by atoms with Crippen molar-refractivity contribution in [3.8, 4) is 0 Å². The summed E-state index contributed by atoms with van der Waals surface area (Å²) in [5.41, 5.74) is 3.65. The Bertz CT molecular complexity index is 776. The van der Waals surface area contributed by atoms with E-state index < -0.39 is 0 Å². The summed E-state index contributed by atoms with van der Waals surface area (Å²) < 4.78 is 0. The van der Waals surface area contributed by atoms with Crippen molar-refractivity contribution < 1.29 is 9.59 Å². The molecule has 0 atom stereocenters. The van der Waals surface area contributed by atoms with Gasteiger partial charge in [0.15, 0.2) is 6.29 Å². The first-order chi connectivity index (χ1) is 10.1. The van der Waals surface area contributed by atoms with E-state index in [1.165, 1.54) is 0 Å². The lowest BCUT2D eigenvalue weighted by Gasteiger charge is -2.06. The Kier molecular flexibility index (Phi) is 3.35. The molecular weight excluding hydrogens is 286 g/mol. The predicted molar refractivity (Wildman–Crippen MR) is 83.6 cm³/mol. The monoisotopic (exact) mass is 297 g/mol. The third kappa shape index (κ3) is 2.26. The normalized spacial score (nSPS) is 15.4. The van der Waals surface area contributed by atoms with Gasteiger partial charge in [0.25, 0.3) is 0 Å². The summed E-state index contributed by atoms with van der Waals surface area (Å²) in [7, 11) is 0. The number of rotatable bonds is 2. The lowest BCUT2D eigenvalue weighted by molar-refractivity contribution is -0.103. The van der Waals surface area contributed by atoms with Gasteiger partial charge in [-0.1, -0.05) is 35.9 Å². The van der Waals surface area contributed by atoms with Crippen LogP contribution in [0.1, 0.15) is 21.5 Å². The first kappa shape index (κ1) is 13.6. The van der Waals surface area contributed by atoms with Crippen LogP contribution in [-0.4, -0.2) is 12.1 Å². The lowest BCUT2D eigenvalue weighted by atomic mass is 10.0. The van der Waals surface area contributed by atoms with Gasteiger partial charge in [-0.2, -0.15) is 0 Å². The number of ketones is 1. The zero-order valence-electron chi connectivity index (χ0n) is 11.3. The molecule has 0 unspecified atom stereocenters. The van der Waals surface area contributed by atoms with E-state index in [2.05, 4.69) is 5.32 Å². The molecule has 0 amide bonds. The van der Waals surface area contributed by atoms with E-state index in [4.69, 9.17) is 11.6 Å². The van der Waals surface area contributed by atoms with Gasteiger partial charge in [0, 0.05) is 16.2 Å². The molecule has 3 rings (SSSR count). The van der Waals surface area contributed by atoms with Crippen LogP contribution in [0.3, 0.4) is 0 Å². The van der Waals surface area contributed by atoms with Gasteiger partial charge in [-0.25, -0.2) is 0 Å². The van der Waals surface area contributed by atoms with E-state index in [9.17, 15) is 9.59 Å². The molecule has 0 fully saturated rings. The highest BCUT2D eigenvalue weighted by Crippen LogP contribution is 2.34. The highest BCUT2D eigenvalue weighted by Gasteiger charge is 2.28. The van der Waals surface area contributed by atoms with Crippen LogP contribution < -0.4 is 5.32 Å². The highest BCUT2D eigenvalue weighted by molar-refractivity contribution is 6.31. The van der Waals surface area contributed by atoms with Crippen molar-refractivity contribution in [1.29, 1.82) is 0 Å². The molecule has 2 aromatic carbocycles. The van der Waals surface area contributed by atoms with Gasteiger partial charge in [-0.15, -0.1) is 0 Å². The molecule has 0 saturated heterocycles. The molecule has 4 heteroatoms. The SMILES string of the molecule is Cc1cccc2c1N/C(=C(\C=O)c1ccc(Cl)cc1)C2=O. The molecule has 1 aliphatic rings. The fourth-order valence-corrected chi connectivity index (χ4v) is 2.56. The standard InChI is InChI=1S/C17H12ClNO2/c1-10-3-2-4-13-15(10)19-16(17(13)21)14(9-20)11-5-7-12(18)8-6-11/h2-9,19H,1H3/b16-14+. The molecule has 0 radical (unpaired) electrons. The summed E-state index contributed by atoms with van der Waals surface area (Å²) in [5, 5.41) is 3.66. The van der Waals surface area contributed by atoms with Gasteiger partial charge < -0.3 is 5.32 Å². The van der Waals surface area contributed by atoms with Gasteiger partial charge in [-0.3, -0.25) is 9.59 Å². The van der Waals surface area contributed by atoms with Crippen molar-refractivity contribution in [2.45, 2.75) is 6.92 Å². The Balaban J connectivity index is 2.14. The van der Waals surface area contributed by atoms with Gasteiger partial charge in [0.05, 0.1) is 11.4 Å². The number of para-hydroxylation sites is 1. The fraction of sp³-hybridized carbons (Fsp3) is 0.0588. The van der Waals surface area contributed by atoms with Crippen molar-refractivity contribution in [2.24, 2.45) is 0 Å². The number of nitrogens with one attached hydrogen (secondary N) is 1. The Morgan fingerprint density at radius 3 is 2.48 bits per heavy atom. The average molecular weight is 298 g/mol. The quantitative estimate of drug-likeness (QED) is 0.676. The Labute approximate surface area is 127 Å². The molecule has 104 valence electrons. The van der Waals surface area contributed by atoms with Gasteiger partial charge in [-0.05, 0) is 36.2 Å². The van der Waals surface area contributed by atoms with Crippen LogP contribution in [0.5, 0.6) is 0 Å². The van der Waals surface area contributed by atoms with Crippen LogP contribution in [-0.2, 0) is 4.79 Å². The maximum Gasteiger partial charge on any atom is 0.212 e. The third-order valence-electron chi connectivity index (χ3n) is 3.54. The average Bonchev–Trinajstić information content (AvgIpc) is 2.81. The number of allylic oxidation sites excluding steroid dienone is 2. The summed E-state index contributed by atoms with van der Waals surface area (Å²) in [4.78, 5) is 24.0. The van der Waals surface area contributed by atoms with Gasteiger partial charge in [0.2, 0.25) is 5.78 Å². The number of aldehydes is 1. The molecule has 0 bridgehead atoms. The summed E-state index contributed by atoms with van der Waals surface area (Å²) in [6.07, 6.45) is 0.699. The van der Waals surface area contributed by atoms with E-state index in [1.54, 1.807) is 30.3 Å². The zero-order valence-corrected chi connectivity index (χ0v) is 12.1. The smallest absolute Gasteiger partial charge is 0.212 e. The van der Waals surface area contributed by atoms with Crippen molar-refractivity contribution in [3.05, 3.63) is 69.9 Å². The largest absolute Gasteiger partial charge is 0.351 e. The summed E-state index contributed by atoms with van der Waals surface area (Å²) in [6, 6.07) is 12.4. The van der Waals surface area contributed by atoms with Crippen molar-refractivity contribution in [2.75, 3.05) is 5.32 Å². The molecular formula is C17H12ClNO2. The van der Waals surface area contributed by atoms with E-state index in [1.807, 2.05) is 19.1 Å². The van der Waals surface area contributed by atoms with E-state index >= 15 is 0 Å². The molecule has 0 saturated carbocycles. The summed E-state index contributed by atoms with van der Waals surface area (Å²) in [6.45, 7) is 1.92. The number of carbonyl (C=O) groups excluding carboxylic acids is 2. The Morgan fingerprint density at radius 2 is 1.86 bits per heavy atom. The van der Waals surface area contributed by atoms with Crippen LogP contribution in [0, 0.1) is 6.92 Å². The van der Waals surface area contributed by atoms with Crippen LogP contribution in [0.25, 0.3) is 5.57 Å². The van der Waals surface area contributed by atoms with Crippen molar-refractivity contribution in [1.82, 2.24) is 0 Å². The van der Waals surface area contributed by atoms with Crippen molar-refractivity contribution >= 4 is 34.9 Å². The van der Waals surface area contributed by atoms with Crippen LogP contribution in [0.15, 0.2) is 48.2 Å². The first-order valence-corrected chi connectivity index (χ1v) is 6.86. The lowest BCUT2D eigenvalue weighted by Crippen LogP contribution is -2.06. The van der Waals surface area contributed by atoms with E-state index in [-0.39, 0.29) is 5.78 Å². The summed E-state index contributed by atoms with van der Waals surface area (Å²) in [5.74, 6) is -0.161. The minimum atomic E-state index is -0.161. The van der Waals surface area contributed by atoms with Gasteiger partial charge >= 0.3 is 0 Å². The number of fused-ring (bicyclic) bond motifs is 1. The molecule has 0 spiro atoms. The van der Waals surface area contributed by atoms with E-state index in [0.717, 1.165) is 11.3 Å². The number of aryl methyl sites for hydroxylation is 1. The molecule has 1 heterocycles. The van der Waals surface area contributed by atoms with Crippen LogP contribution in [0.4, 0.5) is 5.69 Å². The second-order valence-electron chi connectivity index (χ2n) is 4.87. The van der Waals surface area contributed by atoms with Crippen LogP contribution >= 0.6 is 11.6 Å². The Hall–Kier alpha value is -2.39. The number of Topliss-reactive ketones (excluding diaryl/α,β-unsaturated/α-hetero) is 1. The Morgan fingerprint density at radius 1 is 1.14 bits per heavy atom. The molecule has 2 aromatic rings. The number of halogens is 1. The molecule has 1 aliphatic heterocycles. The zero-order chi connectivity index (χ0) is 15.0. The number of hydrogen-bond donors (Lipinski definition) is 1. The molecule has 1 N–H and O–H groups in total. The second-order valence-corrected chi connectivity index (χ2v) is 5.30. The summed E-state index contributed by atoms with van der Waals surface area (Å²) >= 11 is 5.85. The van der Waals surface area contributed by atoms with Crippen molar-refractivity contribution in [3.63, 3.8) is 0 Å².